The summed E-state index contributed by atoms with van der Waals surface area (Å²) in [5.41, 5.74) is 1.01. The minimum Gasteiger partial charge on any atom is -0.492 e. The van der Waals surface area contributed by atoms with Crippen LogP contribution in [0.25, 0.3) is 0 Å². The molecule has 0 radical (unpaired) electrons. The van der Waals surface area contributed by atoms with Gasteiger partial charge in [-0.3, -0.25) is 0 Å². The summed E-state index contributed by atoms with van der Waals surface area (Å²) >= 11 is 0. The quantitative estimate of drug-likeness (QED) is 0.903. The Morgan fingerprint density at radius 1 is 1.12 bits per heavy atom. The molecular formula is C18H21NO4S. The lowest BCUT2D eigenvalue weighted by Gasteiger charge is -2.25. The molecule has 0 bridgehead atoms. The van der Waals surface area contributed by atoms with Crippen LogP contribution < -0.4 is 14.2 Å². The SMILES string of the molecule is CC(C)Oc1ccc(S(=O)(=O)NC2COc3ccccc3C2)cc1. The monoisotopic (exact) mass is 347 g/mol. The molecule has 1 N–H and O–H groups in total. The van der Waals surface area contributed by atoms with Gasteiger partial charge in [-0.15, -0.1) is 0 Å². The number of para-hydroxylation sites is 1. The molecule has 0 saturated carbocycles. The van der Waals surface area contributed by atoms with Gasteiger partial charge in [0, 0.05) is 0 Å². The number of sulfonamides is 1. The van der Waals surface area contributed by atoms with Crippen LogP contribution in [-0.4, -0.2) is 27.2 Å². The van der Waals surface area contributed by atoms with Crippen molar-refractivity contribution in [3.63, 3.8) is 0 Å². The minimum atomic E-state index is -3.59. The van der Waals surface area contributed by atoms with Crippen molar-refractivity contribution in [2.24, 2.45) is 0 Å². The van der Waals surface area contributed by atoms with Gasteiger partial charge < -0.3 is 9.47 Å². The molecule has 2 aromatic carbocycles. The van der Waals surface area contributed by atoms with Gasteiger partial charge in [-0.1, -0.05) is 18.2 Å². The topological polar surface area (TPSA) is 64.6 Å². The van der Waals surface area contributed by atoms with Crippen molar-refractivity contribution in [3.05, 3.63) is 54.1 Å². The third-order valence-electron chi connectivity index (χ3n) is 3.71. The summed E-state index contributed by atoms with van der Waals surface area (Å²) in [6.45, 7) is 4.17. The highest BCUT2D eigenvalue weighted by Gasteiger charge is 2.25. The van der Waals surface area contributed by atoms with E-state index in [1.807, 2.05) is 38.1 Å². The van der Waals surface area contributed by atoms with Crippen molar-refractivity contribution in [3.8, 4) is 11.5 Å². The summed E-state index contributed by atoms with van der Waals surface area (Å²) in [5.74, 6) is 1.47. The average molecular weight is 347 g/mol. The van der Waals surface area contributed by atoms with Crippen molar-refractivity contribution in [2.75, 3.05) is 6.61 Å². The Labute approximate surface area is 142 Å². The Bertz CT molecular complexity index is 800. The predicted octanol–water partition coefficient (Wildman–Crippen LogP) is 2.76. The molecule has 1 aliphatic rings. The van der Waals surface area contributed by atoms with E-state index in [4.69, 9.17) is 9.47 Å². The predicted molar refractivity (Wildman–Crippen MR) is 92.0 cm³/mol. The molecule has 1 heterocycles. The first-order chi connectivity index (χ1) is 11.4. The number of fused-ring (bicyclic) bond motifs is 1. The molecule has 5 nitrogen and oxygen atoms in total. The van der Waals surface area contributed by atoms with Crippen molar-refractivity contribution in [1.82, 2.24) is 4.72 Å². The smallest absolute Gasteiger partial charge is 0.240 e. The van der Waals surface area contributed by atoms with E-state index in [0.717, 1.165) is 11.3 Å². The lowest BCUT2D eigenvalue weighted by Crippen LogP contribution is -2.42. The molecule has 0 aliphatic carbocycles. The fourth-order valence-electron chi connectivity index (χ4n) is 2.66. The molecular weight excluding hydrogens is 326 g/mol. The summed E-state index contributed by atoms with van der Waals surface area (Å²) in [6.07, 6.45) is 0.661. The van der Waals surface area contributed by atoms with Gasteiger partial charge in [0.2, 0.25) is 10.0 Å². The summed E-state index contributed by atoms with van der Waals surface area (Å²) in [7, 11) is -3.59. The molecule has 6 heteroatoms. The highest BCUT2D eigenvalue weighted by molar-refractivity contribution is 7.89. The Kier molecular flexibility index (Phi) is 4.78. The molecule has 24 heavy (non-hydrogen) atoms. The Morgan fingerprint density at radius 2 is 1.83 bits per heavy atom. The lowest BCUT2D eigenvalue weighted by molar-refractivity contribution is 0.242. The van der Waals surface area contributed by atoms with E-state index in [-0.39, 0.29) is 17.0 Å². The maximum atomic E-state index is 12.5. The van der Waals surface area contributed by atoms with Gasteiger partial charge in [0.1, 0.15) is 18.1 Å². The summed E-state index contributed by atoms with van der Waals surface area (Å²) < 4.78 is 39.0. The van der Waals surface area contributed by atoms with E-state index < -0.39 is 10.0 Å². The molecule has 0 spiro atoms. The zero-order valence-electron chi connectivity index (χ0n) is 13.7. The zero-order chi connectivity index (χ0) is 17.2. The molecule has 1 aliphatic heterocycles. The van der Waals surface area contributed by atoms with Gasteiger partial charge in [0.25, 0.3) is 0 Å². The first-order valence-electron chi connectivity index (χ1n) is 7.94. The molecule has 0 amide bonds. The first kappa shape index (κ1) is 16.8. The number of rotatable bonds is 5. The molecule has 0 aromatic heterocycles. The summed E-state index contributed by atoms with van der Waals surface area (Å²) in [6, 6.07) is 13.8. The van der Waals surface area contributed by atoms with Crippen LogP contribution in [0.2, 0.25) is 0 Å². The molecule has 0 fully saturated rings. The van der Waals surface area contributed by atoms with Crippen LogP contribution in [0.15, 0.2) is 53.4 Å². The standard InChI is InChI=1S/C18H21NO4S/c1-13(2)23-16-7-9-17(10-8-16)24(20,21)19-15-11-14-5-3-4-6-18(14)22-12-15/h3-10,13,15,19H,11-12H2,1-2H3. The second-order valence-electron chi connectivity index (χ2n) is 6.08. The second kappa shape index (κ2) is 6.83. The van der Waals surface area contributed by atoms with Crippen molar-refractivity contribution >= 4 is 10.0 Å². The van der Waals surface area contributed by atoms with E-state index >= 15 is 0 Å². The molecule has 1 atom stereocenters. The normalized spacial score (nSPS) is 17.2. The fraction of sp³-hybridized carbons (Fsp3) is 0.333. The third-order valence-corrected chi connectivity index (χ3v) is 5.24. The van der Waals surface area contributed by atoms with Gasteiger partial charge in [-0.2, -0.15) is 0 Å². The third kappa shape index (κ3) is 3.88. The van der Waals surface area contributed by atoms with E-state index in [1.54, 1.807) is 24.3 Å². The Morgan fingerprint density at radius 3 is 2.54 bits per heavy atom. The van der Waals surface area contributed by atoms with Gasteiger partial charge in [-0.05, 0) is 56.2 Å². The van der Waals surface area contributed by atoms with Gasteiger partial charge in [0.05, 0.1) is 17.0 Å². The van der Waals surface area contributed by atoms with Crippen molar-refractivity contribution in [2.45, 2.75) is 37.3 Å². The summed E-state index contributed by atoms with van der Waals surface area (Å²) in [5, 5.41) is 0. The van der Waals surface area contributed by atoms with E-state index in [9.17, 15) is 8.42 Å². The lowest BCUT2D eigenvalue weighted by atomic mass is 10.0. The second-order valence-corrected chi connectivity index (χ2v) is 7.79. The number of ether oxygens (including phenoxy) is 2. The van der Waals surface area contributed by atoms with Crippen LogP contribution >= 0.6 is 0 Å². The molecule has 3 rings (SSSR count). The van der Waals surface area contributed by atoms with E-state index in [0.29, 0.717) is 18.8 Å². The van der Waals surface area contributed by atoms with Crippen LogP contribution in [0.5, 0.6) is 11.5 Å². The van der Waals surface area contributed by atoms with Crippen LogP contribution in [-0.2, 0) is 16.4 Å². The largest absolute Gasteiger partial charge is 0.492 e. The number of hydrogen-bond acceptors (Lipinski definition) is 4. The average Bonchev–Trinajstić information content (AvgIpc) is 2.54. The van der Waals surface area contributed by atoms with Crippen molar-refractivity contribution in [1.29, 1.82) is 0 Å². The first-order valence-corrected chi connectivity index (χ1v) is 9.42. The minimum absolute atomic E-state index is 0.0463. The van der Waals surface area contributed by atoms with Crippen LogP contribution in [0, 0.1) is 0 Å². The zero-order valence-corrected chi connectivity index (χ0v) is 14.5. The maximum absolute atomic E-state index is 12.5. The van der Waals surface area contributed by atoms with Gasteiger partial charge >= 0.3 is 0 Å². The molecule has 2 aromatic rings. The van der Waals surface area contributed by atoms with Gasteiger partial charge in [0.15, 0.2) is 0 Å². The number of nitrogens with one attached hydrogen (secondary N) is 1. The molecule has 128 valence electrons. The summed E-state index contributed by atoms with van der Waals surface area (Å²) in [4.78, 5) is 0.220. The highest BCUT2D eigenvalue weighted by atomic mass is 32.2. The molecule has 1 unspecified atom stereocenters. The van der Waals surface area contributed by atoms with E-state index in [2.05, 4.69) is 4.72 Å². The Balaban J connectivity index is 1.70. The highest BCUT2D eigenvalue weighted by Crippen LogP contribution is 2.25. The van der Waals surface area contributed by atoms with E-state index in [1.165, 1.54) is 0 Å². The fourth-order valence-corrected chi connectivity index (χ4v) is 3.88. The van der Waals surface area contributed by atoms with Gasteiger partial charge in [-0.25, -0.2) is 13.1 Å². The maximum Gasteiger partial charge on any atom is 0.240 e. The number of hydrogen-bond donors (Lipinski definition) is 1. The van der Waals surface area contributed by atoms with Crippen LogP contribution in [0.1, 0.15) is 19.4 Å². The van der Waals surface area contributed by atoms with Crippen molar-refractivity contribution < 1.29 is 17.9 Å². The Hall–Kier alpha value is -2.05. The van der Waals surface area contributed by atoms with Crippen LogP contribution in [0.3, 0.4) is 0 Å². The van der Waals surface area contributed by atoms with Crippen LogP contribution in [0.4, 0.5) is 0 Å². The number of benzene rings is 2. The molecule has 0 saturated heterocycles.